The molecule has 1 N–H and O–H groups in total. The summed E-state index contributed by atoms with van der Waals surface area (Å²) in [5.74, 6) is -0.473. The zero-order valence-corrected chi connectivity index (χ0v) is 17.6. The summed E-state index contributed by atoms with van der Waals surface area (Å²) in [6.07, 6.45) is 6.39. The Hall–Kier alpha value is -2.67. The van der Waals surface area contributed by atoms with Crippen molar-refractivity contribution in [2.45, 2.75) is 38.6 Å². The summed E-state index contributed by atoms with van der Waals surface area (Å²) in [4.78, 5) is 35.7. The van der Waals surface area contributed by atoms with E-state index in [1.807, 2.05) is 25.1 Å². The molecule has 7 heteroatoms. The van der Waals surface area contributed by atoms with Gasteiger partial charge < -0.3 is 14.6 Å². The highest BCUT2D eigenvalue weighted by atomic mass is 16.5. The van der Waals surface area contributed by atoms with Gasteiger partial charge in [-0.1, -0.05) is 37.3 Å². The smallest absolute Gasteiger partial charge is 0.328 e. The third-order valence-corrected chi connectivity index (χ3v) is 5.16. The second kappa shape index (κ2) is 12.0. The van der Waals surface area contributed by atoms with Crippen molar-refractivity contribution in [2.24, 2.45) is 0 Å². The minimum atomic E-state index is -0.612. The van der Waals surface area contributed by atoms with Gasteiger partial charge in [0, 0.05) is 18.9 Å². The minimum Gasteiger partial charge on any atom is -0.467 e. The second-order valence-corrected chi connectivity index (χ2v) is 7.12. The van der Waals surface area contributed by atoms with Crippen LogP contribution in [0, 0.1) is 0 Å². The summed E-state index contributed by atoms with van der Waals surface area (Å²) >= 11 is 0. The van der Waals surface area contributed by atoms with E-state index in [-0.39, 0.29) is 5.91 Å². The molecule has 0 spiro atoms. The number of amides is 1. The van der Waals surface area contributed by atoms with Crippen molar-refractivity contribution < 1.29 is 14.3 Å². The largest absolute Gasteiger partial charge is 0.467 e. The maximum absolute atomic E-state index is 12.8. The lowest BCUT2D eigenvalue weighted by atomic mass is 10.1. The number of imidazole rings is 1. The van der Waals surface area contributed by atoms with E-state index >= 15 is 0 Å². The van der Waals surface area contributed by atoms with Crippen molar-refractivity contribution in [1.29, 1.82) is 0 Å². The number of benzene rings is 1. The molecule has 2 aromatic rings. The highest BCUT2D eigenvalue weighted by molar-refractivity contribution is 5.85. The van der Waals surface area contributed by atoms with Gasteiger partial charge in [-0.2, -0.15) is 0 Å². The normalized spacial score (nSPS) is 12.0. The van der Waals surface area contributed by atoms with Gasteiger partial charge in [0.15, 0.2) is 0 Å². The number of nitrogens with one attached hydrogen (secondary N) is 1. The molecule has 0 radical (unpaired) electrons. The summed E-state index contributed by atoms with van der Waals surface area (Å²) in [5.41, 5.74) is 2.23. The van der Waals surface area contributed by atoms with E-state index in [0.717, 1.165) is 31.6 Å². The molecule has 0 bridgehead atoms. The SMILES string of the molecule is CCN(CCCc1ccccc1)CC(=O)N(C)C(CCc1cnc[nH]1)C(=O)OC. The molecular formula is C22H32N4O3. The number of aryl methyl sites for hydroxylation is 2. The number of esters is 1. The fourth-order valence-electron chi connectivity index (χ4n) is 3.30. The van der Waals surface area contributed by atoms with Gasteiger partial charge in [0.2, 0.25) is 5.91 Å². The monoisotopic (exact) mass is 400 g/mol. The number of H-pyrrole nitrogens is 1. The Kier molecular flexibility index (Phi) is 9.37. The lowest BCUT2D eigenvalue weighted by Crippen LogP contribution is -2.47. The summed E-state index contributed by atoms with van der Waals surface area (Å²) in [7, 11) is 3.03. The number of rotatable bonds is 12. The van der Waals surface area contributed by atoms with Gasteiger partial charge in [-0.15, -0.1) is 0 Å². The molecular weight excluding hydrogens is 368 g/mol. The molecule has 29 heavy (non-hydrogen) atoms. The molecule has 0 aliphatic rings. The van der Waals surface area contributed by atoms with Crippen molar-refractivity contribution in [1.82, 2.24) is 19.8 Å². The molecule has 0 saturated carbocycles. The number of aromatic nitrogens is 2. The van der Waals surface area contributed by atoms with Crippen molar-refractivity contribution in [2.75, 3.05) is 33.8 Å². The van der Waals surface area contributed by atoms with Crippen LogP contribution < -0.4 is 0 Å². The maximum Gasteiger partial charge on any atom is 0.328 e. The van der Waals surface area contributed by atoms with Crippen LogP contribution in [0.2, 0.25) is 0 Å². The first-order valence-corrected chi connectivity index (χ1v) is 10.1. The molecule has 0 aliphatic heterocycles. The quantitative estimate of drug-likeness (QED) is 0.553. The van der Waals surface area contributed by atoms with Crippen molar-refractivity contribution in [3.63, 3.8) is 0 Å². The maximum atomic E-state index is 12.8. The van der Waals surface area contributed by atoms with Crippen LogP contribution in [0.15, 0.2) is 42.9 Å². The predicted molar refractivity (Wildman–Crippen MR) is 112 cm³/mol. The molecule has 1 aromatic heterocycles. The van der Waals surface area contributed by atoms with E-state index in [1.54, 1.807) is 19.6 Å². The van der Waals surface area contributed by atoms with Gasteiger partial charge in [0.05, 0.1) is 20.0 Å². The first-order valence-electron chi connectivity index (χ1n) is 10.1. The zero-order chi connectivity index (χ0) is 21.1. The van der Waals surface area contributed by atoms with E-state index in [9.17, 15) is 9.59 Å². The molecule has 1 unspecified atom stereocenters. The van der Waals surface area contributed by atoms with Crippen LogP contribution in [0.1, 0.15) is 31.0 Å². The number of hydrogen-bond acceptors (Lipinski definition) is 5. The number of methoxy groups -OCH3 is 1. The third-order valence-electron chi connectivity index (χ3n) is 5.16. The van der Waals surface area contributed by atoms with Crippen LogP contribution in [-0.2, 0) is 27.2 Å². The van der Waals surface area contributed by atoms with E-state index in [4.69, 9.17) is 4.74 Å². The summed E-state index contributed by atoms with van der Waals surface area (Å²) in [6, 6.07) is 9.73. The number of aromatic amines is 1. The molecule has 158 valence electrons. The van der Waals surface area contributed by atoms with Gasteiger partial charge in [-0.05, 0) is 44.3 Å². The Morgan fingerprint density at radius 1 is 1.21 bits per heavy atom. The molecule has 1 heterocycles. The van der Waals surface area contributed by atoms with Crippen LogP contribution in [0.4, 0.5) is 0 Å². The Labute approximate surface area is 173 Å². The Morgan fingerprint density at radius 2 is 1.97 bits per heavy atom. The molecule has 1 amide bonds. The van der Waals surface area contributed by atoms with E-state index < -0.39 is 12.0 Å². The number of nitrogens with zero attached hydrogens (tertiary/aromatic N) is 3. The van der Waals surface area contributed by atoms with E-state index in [1.165, 1.54) is 17.6 Å². The topological polar surface area (TPSA) is 78.5 Å². The molecule has 0 saturated heterocycles. The van der Waals surface area contributed by atoms with Crippen LogP contribution in [0.25, 0.3) is 0 Å². The summed E-state index contributed by atoms with van der Waals surface area (Å²) < 4.78 is 4.93. The Morgan fingerprint density at radius 3 is 2.59 bits per heavy atom. The lowest BCUT2D eigenvalue weighted by Gasteiger charge is -2.29. The second-order valence-electron chi connectivity index (χ2n) is 7.12. The first-order chi connectivity index (χ1) is 14.0. The van der Waals surface area contributed by atoms with Crippen molar-refractivity contribution in [3.05, 3.63) is 54.1 Å². The highest BCUT2D eigenvalue weighted by Crippen LogP contribution is 2.11. The Balaban J connectivity index is 1.87. The van der Waals surface area contributed by atoms with Gasteiger partial charge in [0.1, 0.15) is 6.04 Å². The summed E-state index contributed by atoms with van der Waals surface area (Å²) in [6.45, 7) is 3.96. The van der Waals surface area contributed by atoms with Gasteiger partial charge in [0.25, 0.3) is 0 Å². The fraction of sp³-hybridized carbons (Fsp3) is 0.500. The van der Waals surface area contributed by atoms with Gasteiger partial charge >= 0.3 is 5.97 Å². The molecule has 0 aliphatic carbocycles. The molecule has 7 nitrogen and oxygen atoms in total. The van der Waals surface area contributed by atoms with Crippen LogP contribution >= 0.6 is 0 Å². The number of likely N-dealkylation sites (N-methyl/N-ethyl adjacent to an activating group) is 2. The van der Waals surface area contributed by atoms with Gasteiger partial charge in [-0.3, -0.25) is 9.69 Å². The van der Waals surface area contributed by atoms with Crippen molar-refractivity contribution >= 4 is 11.9 Å². The third kappa shape index (κ3) is 7.34. The van der Waals surface area contributed by atoms with Crippen molar-refractivity contribution in [3.8, 4) is 0 Å². The van der Waals surface area contributed by atoms with Crippen LogP contribution in [-0.4, -0.2) is 71.5 Å². The zero-order valence-electron chi connectivity index (χ0n) is 17.6. The highest BCUT2D eigenvalue weighted by Gasteiger charge is 2.28. The standard InChI is InChI=1S/C22H32N4O3/c1-4-26(14-8-11-18-9-6-5-7-10-18)16-21(27)25(2)20(22(28)29-3)13-12-19-15-23-17-24-19/h5-7,9-10,15,17,20H,4,8,11-14,16H2,1-3H3,(H,23,24). The lowest BCUT2D eigenvalue weighted by molar-refractivity contribution is -0.152. The molecule has 1 aromatic carbocycles. The summed E-state index contributed by atoms with van der Waals surface area (Å²) in [5, 5.41) is 0. The average Bonchev–Trinajstić information content (AvgIpc) is 3.27. The average molecular weight is 401 g/mol. The number of ether oxygens (including phenoxy) is 1. The van der Waals surface area contributed by atoms with E-state index in [2.05, 4.69) is 27.0 Å². The number of carbonyl (C=O) groups excluding carboxylic acids is 2. The predicted octanol–water partition coefficient (Wildman–Crippen LogP) is 2.30. The molecule has 2 rings (SSSR count). The van der Waals surface area contributed by atoms with Gasteiger partial charge in [-0.25, -0.2) is 9.78 Å². The number of carbonyl (C=O) groups is 2. The molecule has 0 fully saturated rings. The Bertz CT molecular complexity index is 734. The molecule has 1 atom stereocenters. The minimum absolute atomic E-state index is 0.0772. The van der Waals surface area contributed by atoms with Crippen LogP contribution in [0.3, 0.4) is 0 Å². The van der Waals surface area contributed by atoms with E-state index in [0.29, 0.717) is 19.4 Å². The number of hydrogen-bond donors (Lipinski definition) is 1. The van der Waals surface area contributed by atoms with Crippen LogP contribution in [0.5, 0.6) is 0 Å². The first kappa shape index (κ1) is 22.6. The fourth-order valence-corrected chi connectivity index (χ4v) is 3.30.